The van der Waals surface area contributed by atoms with Gasteiger partial charge in [0.1, 0.15) is 11.6 Å². The van der Waals surface area contributed by atoms with Crippen LogP contribution in [0.2, 0.25) is 0 Å². The van der Waals surface area contributed by atoms with E-state index in [1.54, 1.807) is 0 Å². The Bertz CT molecular complexity index is 668. The minimum absolute atomic E-state index is 0.545. The van der Waals surface area contributed by atoms with Gasteiger partial charge in [0.2, 0.25) is 0 Å². The molecule has 0 unspecified atom stereocenters. The van der Waals surface area contributed by atoms with Crippen LogP contribution in [0, 0.1) is 6.92 Å². The Morgan fingerprint density at radius 1 is 1.17 bits per heavy atom. The molecule has 3 heterocycles. The van der Waals surface area contributed by atoms with E-state index in [4.69, 9.17) is 0 Å². The molecule has 23 heavy (non-hydrogen) atoms. The van der Waals surface area contributed by atoms with Crippen molar-refractivity contribution >= 4 is 0 Å². The van der Waals surface area contributed by atoms with Crippen LogP contribution in [0.3, 0.4) is 0 Å². The largest absolute Gasteiger partial charge is 0.317 e. The van der Waals surface area contributed by atoms with E-state index in [1.807, 2.05) is 6.20 Å². The molecule has 4 rings (SSSR count). The zero-order chi connectivity index (χ0) is 15.8. The van der Waals surface area contributed by atoms with Crippen molar-refractivity contribution in [2.24, 2.45) is 7.05 Å². The fourth-order valence-corrected chi connectivity index (χ4v) is 3.65. The van der Waals surface area contributed by atoms with E-state index in [9.17, 15) is 0 Å². The Morgan fingerprint density at radius 3 is 2.78 bits per heavy atom. The molecule has 124 valence electrons. The summed E-state index contributed by atoms with van der Waals surface area (Å²) in [5, 5.41) is 13.4. The molecule has 2 aromatic rings. The number of nitrogens with zero attached hydrogens (tertiary/aromatic N) is 6. The van der Waals surface area contributed by atoms with E-state index >= 15 is 0 Å². The third-order valence-electron chi connectivity index (χ3n) is 5.19. The zero-order valence-electron chi connectivity index (χ0n) is 14.1. The molecular formula is C17H26N6. The van der Waals surface area contributed by atoms with Crippen LogP contribution < -0.4 is 0 Å². The first-order valence-corrected chi connectivity index (χ1v) is 8.82. The van der Waals surface area contributed by atoms with Gasteiger partial charge in [0.15, 0.2) is 0 Å². The maximum absolute atomic E-state index is 4.47. The summed E-state index contributed by atoms with van der Waals surface area (Å²) in [6, 6.07) is 0.545. The zero-order valence-corrected chi connectivity index (χ0v) is 14.1. The highest BCUT2D eigenvalue weighted by Crippen LogP contribution is 2.38. The van der Waals surface area contributed by atoms with Gasteiger partial charge in [-0.1, -0.05) is 6.42 Å². The number of likely N-dealkylation sites (tertiary alicyclic amines) is 1. The van der Waals surface area contributed by atoms with Gasteiger partial charge >= 0.3 is 0 Å². The van der Waals surface area contributed by atoms with E-state index in [2.05, 4.69) is 49.6 Å². The van der Waals surface area contributed by atoms with Crippen molar-refractivity contribution in [1.82, 2.24) is 29.4 Å². The molecular weight excluding hydrogens is 288 g/mol. The van der Waals surface area contributed by atoms with Crippen LogP contribution >= 0.6 is 0 Å². The number of aryl methyl sites for hydroxylation is 1. The predicted octanol–water partition coefficient (Wildman–Crippen LogP) is 2.25. The van der Waals surface area contributed by atoms with Gasteiger partial charge in [-0.15, -0.1) is 10.2 Å². The van der Waals surface area contributed by atoms with Gasteiger partial charge in [-0.3, -0.25) is 9.58 Å². The molecule has 0 N–H and O–H groups in total. The molecule has 0 amide bonds. The highest BCUT2D eigenvalue weighted by molar-refractivity contribution is 5.08. The van der Waals surface area contributed by atoms with Crippen LogP contribution in [0.1, 0.15) is 55.2 Å². The second-order valence-corrected chi connectivity index (χ2v) is 7.17. The first-order valence-electron chi connectivity index (χ1n) is 8.82. The van der Waals surface area contributed by atoms with Crippen molar-refractivity contribution in [3.63, 3.8) is 0 Å². The van der Waals surface area contributed by atoms with E-state index < -0.39 is 0 Å². The lowest BCUT2D eigenvalue weighted by atomic mass is 10.0. The lowest BCUT2D eigenvalue weighted by molar-refractivity contribution is 0.117. The second kappa shape index (κ2) is 6.07. The highest BCUT2D eigenvalue weighted by Gasteiger charge is 2.30. The molecule has 2 aromatic heterocycles. The van der Waals surface area contributed by atoms with Crippen molar-refractivity contribution < 1.29 is 0 Å². The quantitative estimate of drug-likeness (QED) is 0.849. The van der Waals surface area contributed by atoms with Crippen molar-refractivity contribution in [1.29, 1.82) is 0 Å². The van der Waals surface area contributed by atoms with E-state index in [-0.39, 0.29) is 0 Å². The summed E-state index contributed by atoms with van der Waals surface area (Å²) in [5.74, 6) is 2.94. The molecule has 2 aliphatic rings. The Labute approximate surface area is 137 Å². The van der Waals surface area contributed by atoms with E-state index in [0.29, 0.717) is 12.0 Å². The minimum atomic E-state index is 0.545. The van der Waals surface area contributed by atoms with Crippen LogP contribution in [0.15, 0.2) is 12.4 Å². The Kier molecular flexibility index (Phi) is 3.93. The molecule has 1 aliphatic heterocycles. The van der Waals surface area contributed by atoms with Gasteiger partial charge < -0.3 is 4.57 Å². The SMILES string of the molecule is Cc1cnn(C[C@H]2CCCCN2Cc2nnc(C3CC3)n2C)c1. The average Bonchev–Trinajstić information content (AvgIpc) is 3.21. The van der Waals surface area contributed by atoms with Crippen LogP contribution in [0.5, 0.6) is 0 Å². The monoisotopic (exact) mass is 314 g/mol. The number of hydrogen-bond acceptors (Lipinski definition) is 4. The molecule has 1 saturated carbocycles. The van der Waals surface area contributed by atoms with E-state index in [0.717, 1.165) is 25.5 Å². The number of piperidine rings is 1. The van der Waals surface area contributed by atoms with E-state index in [1.165, 1.54) is 43.5 Å². The summed E-state index contributed by atoms with van der Waals surface area (Å²) < 4.78 is 4.31. The average molecular weight is 314 g/mol. The molecule has 0 bridgehead atoms. The lowest BCUT2D eigenvalue weighted by Crippen LogP contribution is -2.42. The van der Waals surface area contributed by atoms with Gasteiger partial charge in [-0.05, 0) is 44.7 Å². The highest BCUT2D eigenvalue weighted by atomic mass is 15.3. The van der Waals surface area contributed by atoms with Gasteiger partial charge in [-0.2, -0.15) is 5.10 Å². The van der Waals surface area contributed by atoms with Gasteiger partial charge in [-0.25, -0.2) is 0 Å². The summed E-state index contributed by atoms with van der Waals surface area (Å²) in [6.45, 7) is 5.12. The summed E-state index contributed by atoms with van der Waals surface area (Å²) in [4.78, 5) is 2.57. The molecule has 0 aromatic carbocycles. The number of hydrogen-bond donors (Lipinski definition) is 0. The van der Waals surface area contributed by atoms with Crippen molar-refractivity contribution in [2.75, 3.05) is 6.54 Å². The normalized spacial score (nSPS) is 22.6. The molecule has 2 fully saturated rings. The van der Waals surface area contributed by atoms with Crippen LogP contribution in [-0.2, 0) is 20.1 Å². The Hall–Kier alpha value is -1.69. The van der Waals surface area contributed by atoms with Crippen LogP contribution in [0.25, 0.3) is 0 Å². The molecule has 6 heteroatoms. The summed E-state index contributed by atoms with van der Waals surface area (Å²) in [6.07, 6.45) is 10.5. The summed E-state index contributed by atoms with van der Waals surface area (Å²) >= 11 is 0. The summed E-state index contributed by atoms with van der Waals surface area (Å²) in [5.41, 5.74) is 1.23. The minimum Gasteiger partial charge on any atom is -0.317 e. The number of aromatic nitrogens is 5. The standard InChI is InChI=1S/C17H26N6/c1-13-9-18-23(10-13)11-15-5-3-4-8-22(15)12-16-19-20-17(21(16)2)14-6-7-14/h9-10,14-15H,3-8,11-12H2,1-2H3/t15-/m1/s1. The molecule has 6 nitrogen and oxygen atoms in total. The lowest BCUT2D eigenvalue weighted by Gasteiger charge is -2.35. The van der Waals surface area contributed by atoms with Crippen LogP contribution in [-0.4, -0.2) is 42.0 Å². The molecule has 1 saturated heterocycles. The molecule has 1 aliphatic carbocycles. The third kappa shape index (κ3) is 3.17. The molecule has 1 atom stereocenters. The molecule has 0 spiro atoms. The third-order valence-corrected chi connectivity index (χ3v) is 5.19. The van der Waals surface area contributed by atoms with Gasteiger partial charge in [0.05, 0.1) is 19.3 Å². The maximum Gasteiger partial charge on any atom is 0.146 e. The van der Waals surface area contributed by atoms with Crippen molar-refractivity contribution in [3.05, 3.63) is 29.6 Å². The van der Waals surface area contributed by atoms with Crippen molar-refractivity contribution in [3.8, 4) is 0 Å². The second-order valence-electron chi connectivity index (χ2n) is 7.17. The first kappa shape index (κ1) is 14.9. The molecule has 0 radical (unpaired) electrons. The fourth-order valence-electron chi connectivity index (χ4n) is 3.65. The topological polar surface area (TPSA) is 51.8 Å². The van der Waals surface area contributed by atoms with Gasteiger partial charge in [0.25, 0.3) is 0 Å². The Morgan fingerprint density at radius 2 is 2.04 bits per heavy atom. The number of rotatable bonds is 5. The maximum atomic E-state index is 4.47. The first-order chi connectivity index (χ1) is 11.2. The fraction of sp³-hybridized carbons (Fsp3) is 0.706. The van der Waals surface area contributed by atoms with Gasteiger partial charge in [0, 0.05) is 25.2 Å². The summed E-state index contributed by atoms with van der Waals surface area (Å²) in [7, 11) is 2.12. The smallest absolute Gasteiger partial charge is 0.146 e. The van der Waals surface area contributed by atoms with Crippen LogP contribution in [0.4, 0.5) is 0 Å². The predicted molar refractivity (Wildman–Crippen MR) is 88.0 cm³/mol. The van der Waals surface area contributed by atoms with Crippen molar-refractivity contribution in [2.45, 2.75) is 64.1 Å². The Balaban J connectivity index is 1.46.